The van der Waals surface area contributed by atoms with E-state index in [4.69, 9.17) is 0 Å². The molecule has 0 saturated carbocycles. The number of hydrogen-bond acceptors (Lipinski definition) is 2. The number of nitrogens with zero attached hydrogens (tertiary/aromatic N) is 2. The van der Waals surface area contributed by atoms with Gasteiger partial charge in [0, 0.05) is 26.7 Å². The Morgan fingerprint density at radius 2 is 1.71 bits per heavy atom. The predicted octanol–water partition coefficient (Wildman–Crippen LogP) is 2.55. The number of aryl methyl sites for hydroxylation is 1. The van der Waals surface area contributed by atoms with E-state index in [1.165, 1.54) is 11.1 Å². The van der Waals surface area contributed by atoms with Crippen molar-refractivity contribution in [1.82, 2.24) is 15.5 Å². The highest BCUT2D eigenvalue weighted by Crippen LogP contribution is 2.16. The molecule has 1 aromatic carbocycles. The van der Waals surface area contributed by atoms with E-state index in [0.717, 1.165) is 19.0 Å². The largest absolute Gasteiger partial charge is 0.357 e. The molecule has 0 fully saturated rings. The van der Waals surface area contributed by atoms with Crippen LogP contribution in [-0.2, 0) is 11.3 Å². The maximum absolute atomic E-state index is 12.1. The zero-order valence-corrected chi connectivity index (χ0v) is 15.9. The van der Waals surface area contributed by atoms with Gasteiger partial charge in [0.2, 0.25) is 5.91 Å². The first kappa shape index (κ1) is 20.0. The van der Waals surface area contributed by atoms with E-state index in [-0.39, 0.29) is 5.91 Å². The van der Waals surface area contributed by atoms with E-state index in [1.807, 2.05) is 34.7 Å². The maximum Gasteiger partial charge on any atom is 0.227 e. The minimum Gasteiger partial charge on any atom is -0.357 e. The smallest absolute Gasteiger partial charge is 0.227 e. The molecular formula is C19H32N4O. The predicted molar refractivity (Wildman–Crippen MR) is 101 cm³/mol. The van der Waals surface area contributed by atoms with E-state index < -0.39 is 5.41 Å². The molecule has 0 aliphatic carbocycles. The van der Waals surface area contributed by atoms with E-state index in [2.05, 4.69) is 51.7 Å². The summed E-state index contributed by atoms with van der Waals surface area (Å²) in [5.41, 5.74) is 1.96. The van der Waals surface area contributed by atoms with Crippen LogP contribution in [0, 0.1) is 12.3 Å². The van der Waals surface area contributed by atoms with Crippen LogP contribution in [0.25, 0.3) is 0 Å². The fourth-order valence-electron chi connectivity index (χ4n) is 2.26. The molecule has 24 heavy (non-hydrogen) atoms. The zero-order chi connectivity index (χ0) is 18.2. The molecule has 5 heteroatoms. The molecule has 0 heterocycles. The highest BCUT2D eigenvalue weighted by Gasteiger charge is 2.27. The molecule has 1 aromatic rings. The van der Waals surface area contributed by atoms with Gasteiger partial charge >= 0.3 is 0 Å². The first-order valence-corrected chi connectivity index (χ1v) is 8.63. The van der Waals surface area contributed by atoms with Crippen LogP contribution in [0.15, 0.2) is 29.3 Å². The second kappa shape index (κ2) is 9.30. The Hall–Kier alpha value is -2.04. The van der Waals surface area contributed by atoms with Crippen molar-refractivity contribution in [2.24, 2.45) is 10.4 Å². The van der Waals surface area contributed by atoms with Crippen LogP contribution < -0.4 is 10.6 Å². The highest BCUT2D eigenvalue weighted by molar-refractivity contribution is 5.83. The van der Waals surface area contributed by atoms with Crippen LogP contribution in [0.5, 0.6) is 0 Å². The van der Waals surface area contributed by atoms with E-state index >= 15 is 0 Å². The minimum atomic E-state index is -0.526. The quantitative estimate of drug-likeness (QED) is 0.596. The summed E-state index contributed by atoms with van der Waals surface area (Å²) in [6.45, 7) is 12.5. The van der Waals surface area contributed by atoms with Gasteiger partial charge in [0.25, 0.3) is 0 Å². The first-order valence-electron chi connectivity index (χ1n) is 8.63. The van der Waals surface area contributed by atoms with Gasteiger partial charge in [-0.2, -0.15) is 0 Å². The summed E-state index contributed by atoms with van der Waals surface area (Å²) in [4.78, 5) is 18.9. The van der Waals surface area contributed by atoms with Crippen LogP contribution in [0.3, 0.4) is 0 Å². The molecule has 0 aromatic heterocycles. The lowest BCUT2D eigenvalue weighted by atomic mass is 9.92. The van der Waals surface area contributed by atoms with Crippen LogP contribution >= 0.6 is 0 Å². The van der Waals surface area contributed by atoms with Crippen molar-refractivity contribution in [3.8, 4) is 0 Å². The molecule has 0 saturated heterocycles. The van der Waals surface area contributed by atoms with E-state index in [0.29, 0.717) is 13.1 Å². The molecule has 2 N–H and O–H groups in total. The average molecular weight is 332 g/mol. The molecule has 0 spiro atoms. The van der Waals surface area contributed by atoms with Crippen LogP contribution in [0.2, 0.25) is 0 Å². The molecular weight excluding hydrogens is 300 g/mol. The van der Waals surface area contributed by atoms with Crippen molar-refractivity contribution in [2.45, 2.75) is 41.2 Å². The normalized spacial score (nSPS) is 12.0. The molecule has 0 aliphatic rings. The van der Waals surface area contributed by atoms with Crippen molar-refractivity contribution >= 4 is 11.9 Å². The fourth-order valence-corrected chi connectivity index (χ4v) is 2.26. The summed E-state index contributed by atoms with van der Waals surface area (Å²) >= 11 is 0. The second-order valence-electron chi connectivity index (χ2n) is 6.76. The summed E-state index contributed by atoms with van der Waals surface area (Å²) in [5.74, 6) is 0.848. The Balaban J connectivity index is 2.80. The summed E-state index contributed by atoms with van der Waals surface area (Å²) in [5, 5.41) is 6.18. The average Bonchev–Trinajstić information content (AvgIpc) is 2.53. The third kappa shape index (κ3) is 6.22. The van der Waals surface area contributed by atoms with Crippen molar-refractivity contribution < 1.29 is 4.79 Å². The van der Waals surface area contributed by atoms with Crippen molar-refractivity contribution in [3.05, 3.63) is 35.4 Å². The number of hydrogen-bond donors (Lipinski definition) is 2. The monoisotopic (exact) mass is 332 g/mol. The number of nitrogens with one attached hydrogen (secondary N) is 2. The number of aliphatic imine (C=N–C) groups is 1. The molecule has 1 amide bonds. The number of carbonyl (C=O) groups is 1. The molecule has 134 valence electrons. The summed E-state index contributed by atoms with van der Waals surface area (Å²) in [6.07, 6.45) is 0. The van der Waals surface area contributed by atoms with Gasteiger partial charge in [-0.25, -0.2) is 0 Å². The molecule has 0 radical (unpaired) electrons. The third-order valence-corrected chi connectivity index (χ3v) is 3.81. The molecule has 0 bridgehead atoms. The summed E-state index contributed by atoms with van der Waals surface area (Å²) < 4.78 is 0. The standard InChI is InChI=1S/C19H32N4O/c1-7-20-17(24)19(4,5)14-22-18(21-8-2)23(6)13-16-11-9-15(3)10-12-16/h9-12H,7-8,13-14H2,1-6H3,(H,20,24)(H,21,22). The van der Waals surface area contributed by atoms with Gasteiger partial charge in [-0.15, -0.1) is 0 Å². The van der Waals surface area contributed by atoms with Gasteiger partial charge in [-0.3, -0.25) is 9.79 Å². The molecule has 0 unspecified atom stereocenters. The van der Waals surface area contributed by atoms with Crippen molar-refractivity contribution in [3.63, 3.8) is 0 Å². The highest BCUT2D eigenvalue weighted by atomic mass is 16.2. The minimum absolute atomic E-state index is 0.0331. The number of carbonyl (C=O) groups excluding carboxylic acids is 1. The van der Waals surface area contributed by atoms with Gasteiger partial charge in [0.1, 0.15) is 0 Å². The Labute approximate surface area is 146 Å². The molecule has 1 rings (SSSR count). The van der Waals surface area contributed by atoms with Gasteiger partial charge in [-0.05, 0) is 40.2 Å². The Bertz CT molecular complexity index is 549. The maximum atomic E-state index is 12.1. The molecule has 5 nitrogen and oxygen atoms in total. The van der Waals surface area contributed by atoms with E-state index in [1.54, 1.807) is 0 Å². The van der Waals surface area contributed by atoms with Crippen LogP contribution in [0.4, 0.5) is 0 Å². The lowest BCUT2D eigenvalue weighted by Crippen LogP contribution is -2.42. The topological polar surface area (TPSA) is 56.7 Å². The SMILES string of the molecule is CCNC(=O)C(C)(C)CN=C(NCC)N(C)Cc1ccc(C)cc1. The lowest BCUT2D eigenvalue weighted by Gasteiger charge is -2.25. The van der Waals surface area contributed by atoms with Crippen molar-refractivity contribution in [1.29, 1.82) is 0 Å². The molecule has 0 atom stereocenters. The number of benzene rings is 1. The fraction of sp³-hybridized carbons (Fsp3) is 0.579. The Kier molecular flexibility index (Phi) is 7.75. The Morgan fingerprint density at radius 3 is 2.25 bits per heavy atom. The summed E-state index contributed by atoms with van der Waals surface area (Å²) in [7, 11) is 2.01. The van der Waals surface area contributed by atoms with E-state index in [9.17, 15) is 4.79 Å². The number of rotatable bonds is 7. The number of amides is 1. The van der Waals surface area contributed by atoms with Gasteiger partial charge in [-0.1, -0.05) is 29.8 Å². The van der Waals surface area contributed by atoms with Crippen LogP contribution in [0.1, 0.15) is 38.8 Å². The Morgan fingerprint density at radius 1 is 1.12 bits per heavy atom. The zero-order valence-electron chi connectivity index (χ0n) is 15.9. The van der Waals surface area contributed by atoms with Crippen LogP contribution in [-0.4, -0.2) is 43.4 Å². The lowest BCUT2D eigenvalue weighted by molar-refractivity contribution is -0.128. The van der Waals surface area contributed by atoms with Gasteiger partial charge < -0.3 is 15.5 Å². The molecule has 0 aliphatic heterocycles. The van der Waals surface area contributed by atoms with Crippen molar-refractivity contribution in [2.75, 3.05) is 26.7 Å². The summed E-state index contributed by atoms with van der Waals surface area (Å²) in [6, 6.07) is 8.50. The first-order chi connectivity index (χ1) is 11.3. The number of guanidine groups is 1. The van der Waals surface area contributed by atoms with Gasteiger partial charge in [0.05, 0.1) is 12.0 Å². The second-order valence-corrected chi connectivity index (χ2v) is 6.76. The van der Waals surface area contributed by atoms with Gasteiger partial charge in [0.15, 0.2) is 5.96 Å². The third-order valence-electron chi connectivity index (χ3n) is 3.81.